The Morgan fingerprint density at radius 2 is 2.25 bits per heavy atom. The Bertz CT molecular complexity index is 264. The monoisotopic (exact) mass is 184 g/mol. The zero-order chi connectivity index (χ0) is 8.97. The summed E-state index contributed by atoms with van der Waals surface area (Å²) in [5.41, 5.74) is 11.9. The number of aromatic nitrogens is 2. The number of anilines is 1. The van der Waals surface area contributed by atoms with Gasteiger partial charge in [-0.1, -0.05) is 11.8 Å². The quantitative estimate of drug-likeness (QED) is 0.521. The van der Waals surface area contributed by atoms with Crippen molar-refractivity contribution in [3.05, 3.63) is 11.8 Å². The number of hydrogen-bond donors (Lipinski definition) is 2. The van der Waals surface area contributed by atoms with Crippen LogP contribution in [0.25, 0.3) is 0 Å². The van der Waals surface area contributed by atoms with Crippen molar-refractivity contribution in [1.29, 1.82) is 0 Å². The lowest BCUT2D eigenvalue weighted by atomic mass is 10.3. The van der Waals surface area contributed by atoms with E-state index in [4.69, 9.17) is 11.5 Å². The molecule has 0 saturated heterocycles. The molecule has 0 aliphatic heterocycles. The topological polar surface area (TPSA) is 77.8 Å². The van der Waals surface area contributed by atoms with E-state index < -0.39 is 0 Å². The van der Waals surface area contributed by atoms with Crippen LogP contribution < -0.4 is 11.5 Å². The Balaban J connectivity index is 2.90. The van der Waals surface area contributed by atoms with Gasteiger partial charge in [0, 0.05) is 18.2 Å². The molecule has 0 amide bonds. The van der Waals surface area contributed by atoms with E-state index in [2.05, 4.69) is 9.97 Å². The lowest BCUT2D eigenvalue weighted by Gasteiger charge is -2.01. The van der Waals surface area contributed by atoms with Crippen molar-refractivity contribution in [2.45, 2.75) is 11.6 Å². The van der Waals surface area contributed by atoms with Gasteiger partial charge >= 0.3 is 0 Å². The first-order valence-electron chi connectivity index (χ1n) is 3.63. The van der Waals surface area contributed by atoms with Gasteiger partial charge in [0.25, 0.3) is 0 Å². The minimum absolute atomic E-state index is 0.512. The first-order chi connectivity index (χ1) is 5.76. The first kappa shape index (κ1) is 9.28. The molecule has 1 aromatic heterocycles. The molecule has 4 nitrogen and oxygen atoms in total. The van der Waals surface area contributed by atoms with Crippen LogP contribution in [0.2, 0.25) is 0 Å². The van der Waals surface area contributed by atoms with Crippen LogP contribution in [0.3, 0.4) is 0 Å². The second kappa shape index (κ2) is 4.27. The predicted octanol–water partition coefficient (Wildman–Crippen LogP) is 0.282. The molecule has 0 unspecified atom stereocenters. The molecule has 1 heterocycles. The van der Waals surface area contributed by atoms with Gasteiger partial charge in [0.05, 0.1) is 0 Å². The Morgan fingerprint density at radius 1 is 1.50 bits per heavy atom. The maximum Gasteiger partial charge on any atom is 0.189 e. The Kier molecular flexibility index (Phi) is 3.31. The Labute approximate surface area is 75.8 Å². The first-order valence-corrected chi connectivity index (χ1v) is 4.86. The van der Waals surface area contributed by atoms with Crippen LogP contribution in [0.1, 0.15) is 5.69 Å². The fourth-order valence-corrected chi connectivity index (χ4v) is 1.27. The van der Waals surface area contributed by atoms with Crippen molar-refractivity contribution in [1.82, 2.24) is 9.97 Å². The summed E-state index contributed by atoms with van der Waals surface area (Å²) >= 11 is 1.48. The van der Waals surface area contributed by atoms with E-state index in [9.17, 15) is 0 Å². The summed E-state index contributed by atoms with van der Waals surface area (Å²) in [7, 11) is 0. The van der Waals surface area contributed by atoms with Gasteiger partial charge in [-0.05, 0) is 12.8 Å². The van der Waals surface area contributed by atoms with Crippen LogP contribution >= 0.6 is 11.8 Å². The van der Waals surface area contributed by atoms with E-state index >= 15 is 0 Å². The average Bonchev–Trinajstić information content (AvgIpc) is 2.04. The van der Waals surface area contributed by atoms with E-state index in [1.807, 2.05) is 6.26 Å². The molecule has 0 fully saturated rings. The summed E-state index contributed by atoms with van der Waals surface area (Å²) in [5, 5.41) is 0.707. The van der Waals surface area contributed by atoms with Gasteiger partial charge in [-0.3, -0.25) is 0 Å². The van der Waals surface area contributed by atoms with Crippen molar-refractivity contribution >= 4 is 17.6 Å². The summed E-state index contributed by atoms with van der Waals surface area (Å²) in [6.45, 7) is 0.588. The van der Waals surface area contributed by atoms with Gasteiger partial charge in [0.1, 0.15) is 5.82 Å². The van der Waals surface area contributed by atoms with E-state index in [0.717, 1.165) is 12.1 Å². The number of nitrogen functional groups attached to an aromatic ring is 1. The van der Waals surface area contributed by atoms with Crippen LogP contribution in [-0.4, -0.2) is 22.8 Å². The molecule has 0 bridgehead atoms. The Hall–Kier alpha value is -0.810. The molecule has 0 radical (unpaired) electrons. The van der Waals surface area contributed by atoms with Crippen molar-refractivity contribution in [3.8, 4) is 0 Å². The summed E-state index contributed by atoms with van der Waals surface area (Å²) < 4.78 is 0. The van der Waals surface area contributed by atoms with Crippen LogP contribution in [0, 0.1) is 0 Å². The molecule has 1 rings (SSSR count). The number of nitrogens with zero attached hydrogens (tertiary/aromatic N) is 2. The van der Waals surface area contributed by atoms with Gasteiger partial charge in [0.15, 0.2) is 5.16 Å². The smallest absolute Gasteiger partial charge is 0.189 e. The highest BCUT2D eigenvalue weighted by molar-refractivity contribution is 7.98. The average molecular weight is 184 g/mol. The third-order valence-electron chi connectivity index (χ3n) is 1.36. The van der Waals surface area contributed by atoms with Gasteiger partial charge in [-0.2, -0.15) is 0 Å². The zero-order valence-corrected chi connectivity index (χ0v) is 7.77. The summed E-state index contributed by atoms with van der Waals surface area (Å²) in [6.07, 6.45) is 2.67. The number of thioether (sulfide) groups is 1. The van der Waals surface area contributed by atoms with Crippen LogP contribution in [0.15, 0.2) is 11.2 Å². The summed E-state index contributed by atoms with van der Waals surface area (Å²) in [4.78, 5) is 8.26. The molecule has 0 aromatic carbocycles. The van der Waals surface area contributed by atoms with Crippen molar-refractivity contribution in [2.24, 2.45) is 5.73 Å². The van der Waals surface area contributed by atoms with Crippen LogP contribution in [0.4, 0.5) is 5.82 Å². The lowest BCUT2D eigenvalue weighted by Crippen LogP contribution is -2.06. The highest BCUT2D eigenvalue weighted by atomic mass is 32.2. The largest absolute Gasteiger partial charge is 0.384 e. The molecular formula is C7H12N4S. The molecule has 12 heavy (non-hydrogen) atoms. The van der Waals surface area contributed by atoms with Crippen molar-refractivity contribution < 1.29 is 0 Å². The van der Waals surface area contributed by atoms with Crippen molar-refractivity contribution in [2.75, 3.05) is 18.5 Å². The lowest BCUT2D eigenvalue weighted by molar-refractivity contribution is 0.857. The molecule has 0 aliphatic carbocycles. The molecule has 5 heteroatoms. The number of nitrogens with two attached hydrogens (primary N) is 2. The number of hydrogen-bond acceptors (Lipinski definition) is 5. The standard InChI is InChI=1S/C7H12N4S/c1-12-7-10-5(2-3-8)4-6(9)11-7/h4H,2-3,8H2,1H3,(H2,9,10,11). The minimum atomic E-state index is 0.512. The summed E-state index contributed by atoms with van der Waals surface area (Å²) in [6, 6.07) is 1.76. The zero-order valence-electron chi connectivity index (χ0n) is 6.95. The Morgan fingerprint density at radius 3 is 2.83 bits per heavy atom. The van der Waals surface area contributed by atoms with E-state index in [1.165, 1.54) is 11.8 Å². The molecular weight excluding hydrogens is 172 g/mol. The maximum absolute atomic E-state index is 5.56. The third-order valence-corrected chi connectivity index (χ3v) is 1.91. The SMILES string of the molecule is CSc1nc(N)cc(CCN)n1. The van der Waals surface area contributed by atoms with Gasteiger partial charge in [-0.15, -0.1) is 0 Å². The third kappa shape index (κ3) is 2.35. The second-order valence-corrected chi connectivity index (χ2v) is 3.08. The van der Waals surface area contributed by atoms with E-state index in [-0.39, 0.29) is 0 Å². The van der Waals surface area contributed by atoms with Gasteiger partial charge in [0.2, 0.25) is 0 Å². The minimum Gasteiger partial charge on any atom is -0.384 e. The normalized spacial score (nSPS) is 10.2. The van der Waals surface area contributed by atoms with E-state index in [0.29, 0.717) is 17.5 Å². The van der Waals surface area contributed by atoms with E-state index in [1.54, 1.807) is 6.07 Å². The van der Waals surface area contributed by atoms with Crippen LogP contribution in [-0.2, 0) is 6.42 Å². The molecule has 0 spiro atoms. The van der Waals surface area contributed by atoms with Gasteiger partial charge in [-0.25, -0.2) is 9.97 Å². The highest BCUT2D eigenvalue weighted by Crippen LogP contribution is 2.11. The number of rotatable bonds is 3. The molecule has 0 atom stereocenters. The second-order valence-electron chi connectivity index (χ2n) is 2.31. The molecule has 1 aromatic rings. The summed E-state index contributed by atoms with van der Waals surface area (Å²) in [5.74, 6) is 0.512. The molecule has 0 saturated carbocycles. The molecule has 4 N–H and O–H groups in total. The molecule has 0 aliphatic rings. The van der Waals surface area contributed by atoms with Gasteiger partial charge < -0.3 is 11.5 Å². The highest BCUT2D eigenvalue weighted by Gasteiger charge is 1.99. The van der Waals surface area contributed by atoms with Crippen LogP contribution in [0.5, 0.6) is 0 Å². The fourth-order valence-electron chi connectivity index (χ4n) is 0.861. The van der Waals surface area contributed by atoms with Crippen molar-refractivity contribution in [3.63, 3.8) is 0 Å². The fraction of sp³-hybridized carbons (Fsp3) is 0.429. The predicted molar refractivity (Wildman–Crippen MR) is 51.0 cm³/mol. The maximum atomic E-state index is 5.56. The molecule has 66 valence electrons.